The Kier molecular flexibility index (Phi) is 3.43. The molecule has 1 unspecified atom stereocenters. The molecule has 2 heterocycles. The van der Waals surface area contributed by atoms with Gasteiger partial charge in [-0.25, -0.2) is 5.06 Å². The zero-order chi connectivity index (χ0) is 16.7. The SMILES string of the molecule is CC1=NN=C(c2ccccc2)C(c2cn(C)c3ccccc23)N1O. The summed E-state index contributed by atoms with van der Waals surface area (Å²) in [4.78, 5) is 0. The number of hydrogen-bond donors (Lipinski definition) is 1. The highest BCUT2D eigenvalue weighted by molar-refractivity contribution is 6.09. The Labute approximate surface area is 140 Å². The third-order valence-electron chi connectivity index (χ3n) is 4.43. The summed E-state index contributed by atoms with van der Waals surface area (Å²) in [7, 11) is 2.01. The van der Waals surface area contributed by atoms with Crippen LogP contribution in [0.5, 0.6) is 0 Å². The fourth-order valence-electron chi connectivity index (χ4n) is 3.22. The molecule has 0 saturated heterocycles. The van der Waals surface area contributed by atoms with E-state index < -0.39 is 6.04 Å². The largest absolute Gasteiger partial charge is 0.350 e. The standard InChI is InChI=1S/C19H18N4O/c1-13-20-21-18(14-8-4-3-5-9-14)19(23(13)24)16-12-22(2)17-11-7-6-10-15(16)17/h3-12,19,24H,1-2H3. The molecular formula is C19H18N4O. The minimum absolute atomic E-state index is 0.393. The number of para-hydroxylation sites is 1. The van der Waals surface area contributed by atoms with Crippen LogP contribution in [-0.4, -0.2) is 26.4 Å². The summed E-state index contributed by atoms with van der Waals surface area (Å²) in [6.45, 7) is 1.75. The molecule has 5 nitrogen and oxygen atoms in total. The number of nitrogens with zero attached hydrogens (tertiary/aromatic N) is 4. The molecule has 0 radical (unpaired) electrons. The third kappa shape index (κ3) is 2.21. The van der Waals surface area contributed by atoms with E-state index in [-0.39, 0.29) is 0 Å². The van der Waals surface area contributed by atoms with Crippen LogP contribution in [0.3, 0.4) is 0 Å². The normalized spacial score (nSPS) is 17.8. The zero-order valence-electron chi connectivity index (χ0n) is 13.6. The Morgan fingerprint density at radius 1 is 0.958 bits per heavy atom. The number of amidine groups is 1. The van der Waals surface area contributed by atoms with Gasteiger partial charge in [-0.05, 0) is 13.0 Å². The number of aromatic nitrogens is 1. The van der Waals surface area contributed by atoms with Gasteiger partial charge in [0.25, 0.3) is 0 Å². The monoisotopic (exact) mass is 318 g/mol. The van der Waals surface area contributed by atoms with Gasteiger partial charge >= 0.3 is 0 Å². The van der Waals surface area contributed by atoms with E-state index in [1.807, 2.05) is 49.5 Å². The number of hydroxylamine groups is 2. The van der Waals surface area contributed by atoms with E-state index in [1.165, 1.54) is 5.06 Å². The van der Waals surface area contributed by atoms with Gasteiger partial charge in [0, 0.05) is 35.3 Å². The van der Waals surface area contributed by atoms with E-state index in [2.05, 4.69) is 33.1 Å². The predicted molar refractivity (Wildman–Crippen MR) is 95.4 cm³/mol. The van der Waals surface area contributed by atoms with Crippen LogP contribution in [0.1, 0.15) is 24.1 Å². The van der Waals surface area contributed by atoms with Crippen LogP contribution in [0.4, 0.5) is 0 Å². The average Bonchev–Trinajstić information content (AvgIpc) is 2.95. The van der Waals surface area contributed by atoms with Gasteiger partial charge in [-0.1, -0.05) is 48.5 Å². The first-order valence-electron chi connectivity index (χ1n) is 7.86. The molecule has 3 aromatic rings. The molecule has 0 spiro atoms. The van der Waals surface area contributed by atoms with Crippen molar-refractivity contribution in [1.82, 2.24) is 9.63 Å². The number of rotatable bonds is 2. The van der Waals surface area contributed by atoms with Crippen LogP contribution in [-0.2, 0) is 7.05 Å². The summed E-state index contributed by atoms with van der Waals surface area (Å²) in [6, 6.07) is 17.6. The molecule has 120 valence electrons. The first-order valence-corrected chi connectivity index (χ1v) is 7.86. The zero-order valence-corrected chi connectivity index (χ0v) is 13.6. The Hall–Kier alpha value is -2.92. The lowest BCUT2D eigenvalue weighted by atomic mass is 9.95. The van der Waals surface area contributed by atoms with Crippen molar-refractivity contribution in [3.63, 3.8) is 0 Å². The maximum atomic E-state index is 10.7. The summed E-state index contributed by atoms with van der Waals surface area (Å²) in [5.74, 6) is 0.479. The first-order chi connectivity index (χ1) is 11.7. The van der Waals surface area contributed by atoms with Crippen LogP contribution in [0.25, 0.3) is 10.9 Å². The Balaban J connectivity index is 1.93. The lowest BCUT2D eigenvalue weighted by Crippen LogP contribution is -2.37. The van der Waals surface area contributed by atoms with Crippen molar-refractivity contribution in [1.29, 1.82) is 0 Å². The van der Waals surface area contributed by atoms with Crippen LogP contribution in [0, 0.1) is 0 Å². The molecule has 1 aliphatic rings. The van der Waals surface area contributed by atoms with Gasteiger partial charge in [0.2, 0.25) is 0 Å². The van der Waals surface area contributed by atoms with Crippen LogP contribution < -0.4 is 0 Å². The van der Waals surface area contributed by atoms with Gasteiger partial charge in [-0.2, -0.15) is 5.10 Å². The lowest BCUT2D eigenvalue weighted by molar-refractivity contribution is -0.0357. The van der Waals surface area contributed by atoms with Crippen molar-refractivity contribution in [2.75, 3.05) is 0 Å². The Morgan fingerprint density at radius 2 is 1.67 bits per heavy atom. The highest BCUT2D eigenvalue weighted by Gasteiger charge is 2.32. The fraction of sp³-hybridized carbons (Fsp3) is 0.158. The minimum atomic E-state index is -0.393. The Bertz CT molecular complexity index is 956. The second kappa shape index (κ2) is 5.62. The lowest BCUT2D eigenvalue weighted by Gasteiger charge is -2.30. The molecular weight excluding hydrogens is 300 g/mol. The van der Waals surface area contributed by atoms with E-state index in [0.29, 0.717) is 5.84 Å². The van der Waals surface area contributed by atoms with E-state index in [1.54, 1.807) is 6.92 Å². The molecule has 0 aliphatic carbocycles. The predicted octanol–water partition coefficient (Wildman–Crippen LogP) is 3.75. The third-order valence-corrected chi connectivity index (χ3v) is 4.43. The summed E-state index contributed by atoms with van der Waals surface area (Å²) < 4.78 is 2.07. The van der Waals surface area contributed by atoms with Crippen LogP contribution >= 0.6 is 0 Å². The van der Waals surface area contributed by atoms with E-state index in [4.69, 9.17) is 0 Å². The molecule has 5 heteroatoms. The van der Waals surface area contributed by atoms with Crippen molar-refractivity contribution >= 4 is 22.5 Å². The fourth-order valence-corrected chi connectivity index (χ4v) is 3.22. The van der Waals surface area contributed by atoms with Crippen molar-refractivity contribution in [3.05, 3.63) is 71.9 Å². The molecule has 0 fully saturated rings. The molecule has 1 N–H and O–H groups in total. The second-order valence-electron chi connectivity index (χ2n) is 5.96. The van der Waals surface area contributed by atoms with E-state index >= 15 is 0 Å². The molecule has 2 aromatic carbocycles. The quantitative estimate of drug-likeness (QED) is 0.782. The molecule has 4 rings (SSSR count). The van der Waals surface area contributed by atoms with Crippen molar-refractivity contribution < 1.29 is 5.21 Å². The van der Waals surface area contributed by atoms with Gasteiger partial charge in [0.1, 0.15) is 17.6 Å². The molecule has 0 amide bonds. The van der Waals surface area contributed by atoms with Gasteiger partial charge in [0.05, 0.1) is 0 Å². The van der Waals surface area contributed by atoms with E-state index in [9.17, 15) is 5.21 Å². The summed E-state index contributed by atoms with van der Waals surface area (Å²) in [5.41, 5.74) is 3.81. The first kappa shape index (κ1) is 14.7. The number of benzene rings is 2. The van der Waals surface area contributed by atoms with Gasteiger partial charge < -0.3 is 4.57 Å². The molecule has 0 bridgehead atoms. The highest BCUT2D eigenvalue weighted by atomic mass is 16.5. The minimum Gasteiger partial charge on any atom is -0.350 e. The van der Waals surface area contributed by atoms with Crippen molar-refractivity contribution in [3.8, 4) is 0 Å². The van der Waals surface area contributed by atoms with E-state index in [0.717, 1.165) is 27.7 Å². The van der Waals surface area contributed by atoms with Crippen molar-refractivity contribution in [2.45, 2.75) is 13.0 Å². The van der Waals surface area contributed by atoms with Crippen LogP contribution in [0.15, 0.2) is 71.0 Å². The van der Waals surface area contributed by atoms with Crippen molar-refractivity contribution in [2.24, 2.45) is 17.3 Å². The maximum absolute atomic E-state index is 10.7. The summed E-state index contributed by atoms with van der Waals surface area (Å²) in [5, 5.41) is 21.5. The summed E-state index contributed by atoms with van der Waals surface area (Å²) in [6.07, 6.45) is 2.05. The molecule has 1 atom stereocenters. The molecule has 0 saturated carbocycles. The smallest absolute Gasteiger partial charge is 0.149 e. The van der Waals surface area contributed by atoms with Gasteiger partial charge in [-0.15, -0.1) is 5.10 Å². The topological polar surface area (TPSA) is 53.1 Å². The molecule has 24 heavy (non-hydrogen) atoms. The molecule has 1 aliphatic heterocycles. The second-order valence-corrected chi connectivity index (χ2v) is 5.96. The molecule has 1 aromatic heterocycles. The summed E-state index contributed by atoms with van der Waals surface area (Å²) >= 11 is 0. The number of aryl methyl sites for hydroxylation is 1. The van der Waals surface area contributed by atoms with Gasteiger partial charge in [-0.3, -0.25) is 5.21 Å². The average molecular weight is 318 g/mol. The van der Waals surface area contributed by atoms with Gasteiger partial charge in [0.15, 0.2) is 0 Å². The van der Waals surface area contributed by atoms with Crippen LogP contribution in [0.2, 0.25) is 0 Å². The number of hydrogen-bond acceptors (Lipinski definition) is 4. The maximum Gasteiger partial charge on any atom is 0.149 e. The highest BCUT2D eigenvalue weighted by Crippen LogP contribution is 2.33. The number of fused-ring (bicyclic) bond motifs is 1. The Morgan fingerprint density at radius 3 is 2.46 bits per heavy atom.